The van der Waals surface area contributed by atoms with Crippen LogP contribution in [-0.2, 0) is 11.2 Å². The predicted octanol–water partition coefficient (Wildman–Crippen LogP) is 2.86. The zero-order valence-electron chi connectivity index (χ0n) is 11.3. The Morgan fingerprint density at radius 1 is 1.29 bits per heavy atom. The number of rotatable bonds is 4. The van der Waals surface area contributed by atoms with Crippen LogP contribution in [0, 0.1) is 0 Å². The lowest BCUT2D eigenvalue weighted by atomic mass is 10.1. The molecule has 0 fully saturated rings. The third-order valence-electron chi connectivity index (χ3n) is 3.08. The maximum atomic E-state index is 12.1. The standard InChI is InChI=1S/C15H13NO4S/c1-9(17)11-6-13-14(20-8-19-13)7-12(11)16-15(18)5-10-3-2-4-21-10/h2-4,6-7H,5,8H2,1H3,(H,16,18). The highest BCUT2D eigenvalue weighted by Crippen LogP contribution is 2.37. The summed E-state index contributed by atoms with van der Waals surface area (Å²) in [5.74, 6) is 0.751. The molecule has 2 aromatic rings. The summed E-state index contributed by atoms with van der Waals surface area (Å²) in [5.41, 5.74) is 0.868. The van der Waals surface area contributed by atoms with Gasteiger partial charge in [0.25, 0.3) is 0 Å². The molecule has 2 heterocycles. The van der Waals surface area contributed by atoms with Gasteiger partial charge in [0.1, 0.15) is 0 Å². The van der Waals surface area contributed by atoms with Crippen molar-refractivity contribution >= 4 is 28.7 Å². The Morgan fingerprint density at radius 3 is 2.71 bits per heavy atom. The fourth-order valence-electron chi connectivity index (χ4n) is 2.10. The number of carbonyl (C=O) groups excluding carboxylic acids is 2. The number of amides is 1. The first-order chi connectivity index (χ1) is 10.1. The normalized spacial score (nSPS) is 12.2. The molecule has 1 aromatic carbocycles. The second kappa shape index (κ2) is 5.57. The van der Waals surface area contributed by atoms with Crippen molar-refractivity contribution in [3.8, 4) is 11.5 Å². The summed E-state index contributed by atoms with van der Waals surface area (Å²) in [6.45, 7) is 1.58. The molecule has 108 valence electrons. The van der Waals surface area contributed by atoms with Crippen LogP contribution < -0.4 is 14.8 Å². The fraction of sp³-hybridized carbons (Fsp3) is 0.200. The quantitative estimate of drug-likeness (QED) is 0.882. The van der Waals surface area contributed by atoms with Gasteiger partial charge in [0.05, 0.1) is 12.1 Å². The number of carbonyl (C=O) groups is 2. The van der Waals surface area contributed by atoms with E-state index < -0.39 is 0 Å². The molecule has 1 aliphatic rings. The largest absolute Gasteiger partial charge is 0.454 e. The monoisotopic (exact) mass is 303 g/mol. The second-order valence-electron chi connectivity index (χ2n) is 4.61. The number of ether oxygens (including phenoxy) is 2. The minimum atomic E-state index is -0.168. The van der Waals surface area contributed by atoms with Gasteiger partial charge in [0.15, 0.2) is 17.3 Å². The van der Waals surface area contributed by atoms with E-state index in [-0.39, 0.29) is 24.9 Å². The van der Waals surface area contributed by atoms with Gasteiger partial charge in [-0.3, -0.25) is 9.59 Å². The zero-order valence-corrected chi connectivity index (χ0v) is 12.2. The lowest BCUT2D eigenvalue weighted by molar-refractivity contribution is -0.115. The van der Waals surface area contributed by atoms with Crippen molar-refractivity contribution in [1.29, 1.82) is 0 Å². The Bertz CT molecular complexity index is 694. The van der Waals surface area contributed by atoms with Gasteiger partial charge in [-0.2, -0.15) is 0 Å². The van der Waals surface area contributed by atoms with E-state index in [1.54, 1.807) is 12.1 Å². The fourth-order valence-corrected chi connectivity index (χ4v) is 2.81. The number of thiophene rings is 1. The van der Waals surface area contributed by atoms with Crippen LogP contribution in [-0.4, -0.2) is 18.5 Å². The Kier molecular flexibility index (Phi) is 3.62. The van der Waals surface area contributed by atoms with Gasteiger partial charge in [0.2, 0.25) is 12.7 Å². The molecule has 21 heavy (non-hydrogen) atoms. The molecule has 0 saturated heterocycles. The number of Topliss-reactive ketones (excluding diaryl/α,β-unsaturated/α-hetero) is 1. The molecular weight excluding hydrogens is 290 g/mol. The van der Waals surface area contributed by atoms with Crippen LogP contribution in [0.5, 0.6) is 11.5 Å². The van der Waals surface area contributed by atoms with Crippen LogP contribution in [0.1, 0.15) is 22.2 Å². The zero-order chi connectivity index (χ0) is 14.8. The molecule has 1 aliphatic heterocycles. The van der Waals surface area contributed by atoms with Crippen molar-refractivity contribution in [2.75, 3.05) is 12.1 Å². The van der Waals surface area contributed by atoms with Gasteiger partial charge in [-0.25, -0.2) is 0 Å². The highest BCUT2D eigenvalue weighted by atomic mass is 32.1. The summed E-state index contributed by atoms with van der Waals surface area (Å²) >= 11 is 1.52. The van der Waals surface area contributed by atoms with E-state index in [0.717, 1.165) is 4.88 Å². The van der Waals surface area contributed by atoms with Crippen LogP contribution in [0.25, 0.3) is 0 Å². The van der Waals surface area contributed by atoms with Gasteiger partial charge in [-0.05, 0) is 24.4 Å². The van der Waals surface area contributed by atoms with Gasteiger partial charge in [-0.1, -0.05) is 6.07 Å². The molecule has 3 rings (SSSR count). The third kappa shape index (κ3) is 2.90. The highest BCUT2D eigenvalue weighted by Gasteiger charge is 2.20. The summed E-state index contributed by atoms with van der Waals surface area (Å²) in [6, 6.07) is 7.03. The number of hydrogen-bond donors (Lipinski definition) is 1. The van der Waals surface area contributed by atoms with E-state index in [9.17, 15) is 9.59 Å². The molecular formula is C15H13NO4S. The summed E-state index contributed by atoms with van der Waals surface area (Å²) in [5, 5.41) is 4.69. The van der Waals surface area contributed by atoms with E-state index in [0.29, 0.717) is 22.7 Å². The number of ketones is 1. The molecule has 1 N–H and O–H groups in total. The molecule has 5 nitrogen and oxygen atoms in total. The predicted molar refractivity (Wildman–Crippen MR) is 79.2 cm³/mol. The minimum absolute atomic E-state index is 0.124. The van der Waals surface area contributed by atoms with Crippen molar-refractivity contribution in [1.82, 2.24) is 0 Å². The Labute approximate surface area is 125 Å². The average Bonchev–Trinajstić information content (AvgIpc) is 3.07. The van der Waals surface area contributed by atoms with Crippen molar-refractivity contribution < 1.29 is 19.1 Å². The van der Waals surface area contributed by atoms with E-state index in [1.165, 1.54) is 18.3 Å². The Balaban J connectivity index is 1.84. The van der Waals surface area contributed by atoms with Gasteiger partial charge in [0, 0.05) is 16.5 Å². The molecule has 1 aromatic heterocycles. The highest BCUT2D eigenvalue weighted by molar-refractivity contribution is 7.10. The summed E-state index contributed by atoms with van der Waals surface area (Å²) in [7, 11) is 0. The molecule has 0 aliphatic carbocycles. The van der Waals surface area contributed by atoms with Crippen LogP contribution in [0.3, 0.4) is 0 Å². The molecule has 0 spiro atoms. The molecule has 0 unspecified atom stereocenters. The van der Waals surface area contributed by atoms with Gasteiger partial charge in [-0.15, -0.1) is 11.3 Å². The Hall–Kier alpha value is -2.34. The van der Waals surface area contributed by atoms with Crippen LogP contribution in [0.15, 0.2) is 29.6 Å². The summed E-state index contributed by atoms with van der Waals surface area (Å²) in [4.78, 5) is 24.8. The number of benzene rings is 1. The maximum absolute atomic E-state index is 12.1. The first-order valence-corrected chi connectivity index (χ1v) is 7.28. The minimum Gasteiger partial charge on any atom is -0.454 e. The van der Waals surface area contributed by atoms with E-state index >= 15 is 0 Å². The van der Waals surface area contributed by atoms with Crippen molar-refractivity contribution in [2.45, 2.75) is 13.3 Å². The summed E-state index contributed by atoms with van der Waals surface area (Å²) in [6.07, 6.45) is 0.281. The maximum Gasteiger partial charge on any atom is 0.231 e. The van der Waals surface area contributed by atoms with E-state index in [4.69, 9.17) is 9.47 Å². The van der Waals surface area contributed by atoms with Crippen molar-refractivity contribution in [3.63, 3.8) is 0 Å². The molecule has 0 bridgehead atoms. The van der Waals surface area contributed by atoms with Crippen LogP contribution in [0.2, 0.25) is 0 Å². The first-order valence-electron chi connectivity index (χ1n) is 6.40. The average molecular weight is 303 g/mol. The molecule has 0 atom stereocenters. The van der Waals surface area contributed by atoms with E-state index in [2.05, 4.69) is 5.32 Å². The summed E-state index contributed by atoms with van der Waals surface area (Å²) < 4.78 is 10.5. The van der Waals surface area contributed by atoms with Crippen LogP contribution in [0.4, 0.5) is 5.69 Å². The molecule has 0 radical (unpaired) electrons. The number of nitrogens with one attached hydrogen (secondary N) is 1. The topological polar surface area (TPSA) is 64.6 Å². The number of hydrogen-bond acceptors (Lipinski definition) is 5. The Morgan fingerprint density at radius 2 is 2.05 bits per heavy atom. The molecule has 6 heteroatoms. The van der Waals surface area contributed by atoms with E-state index in [1.807, 2.05) is 17.5 Å². The SMILES string of the molecule is CC(=O)c1cc2c(cc1NC(=O)Cc1cccs1)OCO2. The van der Waals surface area contributed by atoms with Crippen LogP contribution >= 0.6 is 11.3 Å². The number of anilines is 1. The van der Waals surface area contributed by atoms with Crippen molar-refractivity contribution in [2.24, 2.45) is 0 Å². The molecule has 0 saturated carbocycles. The second-order valence-corrected chi connectivity index (χ2v) is 5.64. The lowest BCUT2D eigenvalue weighted by Crippen LogP contribution is -2.15. The molecule has 1 amide bonds. The van der Waals surface area contributed by atoms with Gasteiger partial charge < -0.3 is 14.8 Å². The number of fused-ring (bicyclic) bond motifs is 1. The van der Waals surface area contributed by atoms with Gasteiger partial charge >= 0.3 is 0 Å². The smallest absolute Gasteiger partial charge is 0.231 e. The third-order valence-corrected chi connectivity index (χ3v) is 3.96. The lowest BCUT2D eigenvalue weighted by Gasteiger charge is -2.10. The first kappa shape index (κ1) is 13.6. The van der Waals surface area contributed by atoms with Crippen molar-refractivity contribution in [3.05, 3.63) is 40.1 Å².